The molecule has 0 radical (unpaired) electrons. The highest BCUT2D eigenvalue weighted by Gasteiger charge is 2.16. The van der Waals surface area contributed by atoms with Crippen molar-refractivity contribution in [1.82, 2.24) is 4.98 Å². The summed E-state index contributed by atoms with van der Waals surface area (Å²) in [5.74, 6) is 0. The zero-order valence-corrected chi connectivity index (χ0v) is 13.3. The van der Waals surface area contributed by atoms with Gasteiger partial charge < -0.3 is 4.90 Å². The Labute approximate surface area is 135 Å². The molecule has 0 spiro atoms. The molecule has 0 saturated heterocycles. The Morgan fingerprint density at radius 3 is 2.77 bits per heavy atom. The van der Waals surface area contributed by atoms with Gasteiger partial charge in [0.25, 0.3) is 5.69 Å². The maximum Gasteiger partial charge on any atom is 0.278 e. The maximum absolute atomic E-state index is 11.1. The normalized spacial score (nSPS) is 10.8. The Kier molecular flexibility index (Phi) is 3.96. The molecule has 0 aliphatic heterocycles. The number of benzene rings is 1. The number of halogens is 1. The molecule has 3 rings (SSSR count). The highest BCUT2D eigenvalue weighted by molar-refractivity contribution is 7.16. The molecule has 0 N–H and O–H groups in total. The molecule has 2 aromatic heterocycles. The van der Waals surface area contributed by atoms with Gasteiger partial charge in [-0.25, -0.2) is 0 Å². The summed E-state index contributed by atoms with van der Waals surface area (Å²) < 4.78 is 0.751. The number of hydrogen-bond donors (Lipinski definition) is 0. The van der Waals surface area contributed by atoms with Crippen LogP contribution in [0.25, 0.3) is 10.8 Å². The van der Waals surface area contributed by atoms with Gasteiger partial charge in [-0.05, 0) is 24.3 Å². The number of rotatable bonds is 4. The highest BCUT2D eigenvalue weighted by Crippen LogP contribution is 2.33. The van der Waals surface area contributed by atoms with Crippen LogP contribution in [-0.4, -0.2) is 17.0 Å². The van der Waals surface area contributed by atoms with Crippen LogP contribution >= 0.6 is 22.9 Å². The maximum atomic E-state index is 11.1. The van der Waals surface area contributed by atoms with Crippen molar-refractivity contribution in [2.24, 2.45) is 0 Å². The number of nitrogens with zero attached hydrogens (tertiary/aromatic N) is 3. The molecule has 5 nitrogen and oxygen atoms in total. The Morgan fingerprint density at radius 1 is 1.27 bits per heavy atom. The predicted molar refractivity (Wildman–Crippen MR) is 89.8 cm³/mol. The lowest BCUT2D eigenvalue weighted by Crippen LogP contribution is -2.16. The van der Waals surface area contributed by atoms with Gasteiger partial charge in [-0.3, -0.25) is 15.1 Å². The van der Waals surface area contributed by atoms with Crippen LogP contribution < -0.4 is 4.90 Å². The van der Waals surface area contributed by atoms with E-state index in [9.17, 15) is 10.1 Å². The van der Waals surface area contributed by atoms with E-state index in [2.05, 4.69) is 4.98 Å². The summed E-state index contributed by atoms with van der Waals surface area (Å²) >= 11 is 7.48. The van der Waals surface area contributed by atoms with E-state index < -0.39 is 0 Å². The SMILES string of the molecule is CN(Cc1ccc(Cl)s1)c1ccc([N+](=O)[O-])c2cnccc12. The number of thiophene rings is 1. The molecule has 112 valence electrons. The molecule has 2 heterocycles. The molecule has 0 unspecified atom stereocenters. The first-order chi connectivity index (χ1) is 10.6. The minimum absolute atomic E-state index is 0.0689. The number of nitro groups is 1. The average Bonchev–Trinajstić information content (AvgIpc) is 2.90. The van der Waals surface area contributed by atoms with E-state index in [0.717, 1.165) is 20.3 Å². The summed E-state index contributed by atoms with van der Waals surface area (Å²) in [5.41, 5.74) is 0.993. The molecule has 0 amide bonds. The number of hydrogen-bond acceptors (Lipinski definition) is 5. The van der Waals surface area contributed by atoms with Crippen molar-refractivity contribution in [2.45, 2.75) is 6.54 Å². The summed E-state index contributed by atoms with van der Waals surface area (Å²) in [7, 11) is 1.95. The molecule has 22 heavy (non-hydrogen) atoms. The zero-order chi connectivity index (χ0) is 15.7. The van der Waals surface area contributed by atoms with Crippen molar-refractivity contribution >= 4 is 45.1 Å². The van der Waals surface area contributed by atoms with E-state index in [1.54, 1.807) is 18.3 Å². The van der Waals surface area contributed by atoms with Crippen molar-refractivity contribution in [1.29, 1.82) is 0 Å². The first kappa shape index (κ1) is 14.7. The minimum Gasteiger partial charge on any atom is -0.369 e. The van der Waals surface area contributed by atoms with E-state index in [-0.39, 0.29) is 10.6 Å². The van der Waals surface area contributed by atoms with E-state index in [0.29, 0.717) is 11.9 Å². The fraction of sp³-hybridized carbons (Fsp3) is 0.133. The molecule has 3 aromatic rings. The van der Waals surface area contributed by atoms with Crippen LogP contribution in [0.15, 0.2) is 42.7 Å². The third-order valence-corrected chi connectivity index (χ3v) is 4.62. The van der Waals surface area contributed by atoms with Crippen molar-refractivity contribution < 1.29 is 4.92 Å². The first-order valence-corrected chi connectivity index (χ1v) is 7.72. The van der Waals surface area contributed by atoms with Crippen LogP contribution in [0, 0.1) is 10.1 Å². The molecule has 0 saturated carbocycles. The highest BCUT2D eigenvalue weighted by atomic mass is 35.5. The lowest BCUT2D eigenvalue weighted by atomic mass is 10.1. The minimum atomic E-state index is -0.382. The summed E-state index contributed by atoms with van der Waals surface area (Å²) in [4.78, 5) is 17.9. The van der Waals surface area contributed by atoms with Gasteiger partial charge in [-0.2, -0.15) is 0 Å². The summed E-state index contributed by atoms with van der Waals surface area (Å²) in [6.45, 7) is 0.687. The number of aromatic nitrogens is 1. The molecule has 0 atom stereocenters. The second kappa shape index (κ2) is 5.90. The van der Waals surface area contributed by atoms with Crippen LogP contribution in [-0.2, 0) is 6.54 Å². The van der Waals surface area contributed by atoms with Crippen LogP contribution in [0.4, 0.5) is 11.4 Å². The van der Waals surface area contributed by atoms with Crippen molar-refractivity contribution in [3.05, 3.63) is 62.1 Å². The molecule has 7 heteroatoms. The summed E-state index contributed by atoms with van der Waals surface area (Å²) in [6.07, 6.45) is 3.18. The molecule has 0 bridgehead atoms. The van der Waals surface area contributed by atoms with Gasteiger partial charge in [-0.1, -0.05) is 11.6 Å². The second-order valence-electron chi connectivity index (χ2n) is 4.84. The van der Waals surface area contributed by atoms with Crippen molar-refractivity contribution in [3.8, 4) is 0 Å². The predicted octanol–water partition coefficient (Wildman–Crippen LogP) is 4.49. The quantitative estimate of drug-likeness (QED) is 0.521. The number of non-ortho nitro benzene ring substituents is 1. The van der Waals surface area contributed by atoms with Gasteiger partial charge in [0.2, 0.25) is 0 Å². The number of nitro benzene ring substituents is 1. The van der Waals surface area contributed by atoms with Crippen LogP contribution in [0.1, 0.15) is 4.88 Å². The summed E-state index contributed by atoms with van der Waals surface area (Å²) in [5, 5.41) is 12.5. The average molecular weight is 334 g/mol. The van der Waals surface area contributed by atoms with Gasteiger partial charge in [0.1, 0.15) is 0 Å². The van der Waals surface area contributed by atoms with E-state index in [4.69, 9.17) is 11.6 Å². The monoisotopic (exact) mass is 333 g/mol. The Balaban J connectivity index is 2.03. The standard InChI is InChI=1S/C15H12ClN3O2S/c1-18(9-10-2-5-15(16)22-10)13-3-4-14(19(20)21)12-8-17-7-6-11(12)13/h2-8H,9H2,1H3. The molecule has 0 aliphatic rings. The van der Waals surface area contributed by atoms with Gasteiger partial charge in [0, 0.05) is 41.5 Å². The fourth-order valence-corrected chi connectivity index (χ4v) is 3.55. The van der Waals surface area contributed by atoms with Crippen LogP contribution in [0.2, 0.25) is 4.34 Å². The topological polar surface area (TPSA) is 59.3 Å². The smallest absolute Gasteiger partial charge is 0.278 e. The lowest BCUT2D eigenvalue weighted by Gasteiger charge is -2.20. The Morgan fingerprint density at radius 2 is 2.09 bits per heavy atom. The molecule has 0 fully saturated rings. The largest absolute Gasteiger partial charge is 0.369 e. The molecule has 1 aromatic carbocycles. The Bertz CT molecular complexity index is 850. The fourth-order valence-electron chi connectivity index (χ4n) is 2.41. The van der Waals surface area contributed by atoms with E-state index in [1.165, 1.54) is 23.6 Å². The third-order valence-electron chi connectivity index (χ3n) is 3.40. The molecular weight excluding hydrogens is 322 g/mol. The zero-order valence-electron chi connectivity index (χ0n) is 11.7. The van der Waals surface area contributed by atoms with E-state index >= 15 is 0 Å². The van der Waals surface area contributed by atoms with Gasteiger partial charge in [0.05, 0.1) is 21.2 Å². The van der Waals surface area contributed by atoms with E-state index in [1.807, 2.05) is 24.1 Å². The molecular formula is C15H12ClN3O2S. The van der Waals surface area contributed by atoms with Gasteiger partial charge in [-0.15, -0.1) is 11.3 Å². The van der Waals surface area contributed by atoms with Crippen LogP contribution in [0.5, 0.6) is 0 Å². The van der Waals surface area contributed by atoms with Crippen LogP contribution in [0.3, 0.4) is 0 Å². The number of fused-ring (bicyclic) bond motifs is 1. The van der Waals surface area contributed by atoms with Crippen molar-refractivity contribution in [2.75, 3.05) is 11.9 Å². The molecule has 0 aliphatic carbocycles. The summed E-state index contributed by atoms with van der Waals surface area (Å²) in [6, 6.07) is 8.95. The first-order valence-electron chi connectivity index (χ1n) is 6.53. The van der Waals surface area contributed by atoms with Gasteiger partial charge in [0.15, 0.2) is 0 Å². The van der Waals surface area contributed by atoms with Gasteiger partial charge >= 0.3 is 0 Å². The Hall–Kier alpha value is -2.18. The lowest BCUT2D eigenvalue weighted by molar-refractivity contribution is -0.383. The second-order valence-corrected chi connectivity index (χ2v) is 6.64. The van der Waals surface area contributed by atoms with Crippen molar-refractivity contribution in [3.63, 3.8) is 0 Å². The number of pyridine rings is 1. The number of anilines is 1. The third kappa shape index (κ3) is 2.75.